The van der Waals surface area contributed by atoms with Gasteiger partial charge in [0.05, 0.1) is 11.4 Å². The molecule has 8 nitrogen and oxygen atoms in total. The summed E-state index contributed by atoms with van der Waals surface area (Å²) in [5.74, 6) is 0.809. The number of aryl methyl sites for hydroxylation is 2. The van der Waals surface area contributed by atoms with Crippen molar-refractivity contribution in [3.8, 4) is 0 Å². The van der Waals surface area contributed by atoms with Gasteiger partial charge < -0.3 is 9.84 Å². The number of anilines is 1. The number of hydrogen-bond acceptors (Lipinski definition) is 6. The molecule has 0 saturated carbocycles. The van der Waals surface area contributed by atoms with Crippen LogP contribution in [-0.4, -0.2) is 61.4 Å². The Balaban J connectivity index is 1.53. The molecular weight excluding hydrogens is 380 g/mol. The number of rotatable bonds is 7. The number of carbonyl (C=O) groups excluding carboxylic acids is 1. The summed E-state index contributed by atoms with van der Waals surface area (Å²) in [5, 5.41) is 6.41. The molecule has 0 atom stereocenters. The van der Waals surface area contributed by atoms with Crippen LogP contribution in [0.4, 0.5) is 5.82 Å². The minimum Gasteiger partial charge on any atom is -0.360 e. The second-order valence-corrected chi connectivity index (χ2v) is 8.88. The van der Waals surface area contributed by atoms with Crippen LogP contribution in [0, 0.1) is 6.92 Å². The molecule has 1 aromatic carbocycles. The molecule has 0 spiro atoms. The molecule has 1 aromatic heterocycles. The van der Waals surface area contributed by atoms with Crippen LogP contribution in [0.1, 0.15) is 24.7 Å². The number of sulfonamides is 1. The van der Waals surface area contributed by atoms with E-state index >= 15 is 0 Å². The Bertz CT molecular complexity index is 900. The van der Waals surface area contributed by atoms with Crippen molar-refractivity contribution in [2.75, 3.05) is 38.0 Å². The van der Waals surface area contributed by atoms with E-state index in [2.05, 4.69) is 17.4 Å². The highest BCUT2D eigenvalue weighted by Crippen LogP contribution is 2.19. The van der Waals surface area contributed by atoms with E-state index in [1.165, 1.54) is 4.31 Å². The third kappa shape index (κ3) is 4.98. The standard InChI is InChI=1S/C19H26N4O4S/c1-3-4-16-5-7-17(8-6-16)28(25,26)23-11-9-22(10-12-23)14-19(24)20-18-13-15(2)27-21-18/h5-8,13H,3-4,9-12,14H2,1-2H3,(H,20,21,24). The number of amides is 1. The number of nitrogens with one attached hydrogen (secondary N) is 1. The van der Waals surface area contributed by atoms with Gasteiger partial charge >= 0.3 is 0 Å². The Morgan fingerprint density at radius 1 is 1.18 bits per heavy atom. The summed E-state index contributed by atoms with van der Waals surface area (Å²) in [6.07, 6.45) is 1.97. The molecule has 152 valence electrons. The first kappa shape index (κ1) is 20.5. The van der Waals surface area contributed by atoms with Crippen LogP contribution >= 0.6 is 0 Å². The Morgan fingerprint density at radius 3 is 2.43 bits per heavy atom. The Labute approximate surface area is 165 Å². The van der Waals surface area contributed by atoms with Gasteiger partial charge in [0, 0.05) is 32.2 Å². The maximum atomic E-state index is 12.8. The number of aromatic nitrogens is 1. The summed E-state index contributed by atoms with van der Waals surface area (Å²) >= 11 is 0. The Morgan fingerprint density at radius 2 is 1.86 bits per heavy atom. The summed E-state index contributed by atoms with van der Waals surface area (Å²) in [5.41, 5.74) is 1.14. The number of nitrogens with zero attached hydrogens (tertiary/aromatic N) is 3. The molecule has 2 heterocycles. The minimum absolute atomic E-state index is 0.186. The number of hydrogen-bond donors (Lipinski definition) is 1. The average Bonchev–Trinajstić information content (AvgIpc) is 3.07. The topological polar surface area (TPSA) is 95.8 Å². The Kier molecular flexibility index (Phi) is 6.48. The normalized spacial score (nSPS) is 16.2. The predicted octanol–water partition coefficient (Wildman–Crippen LogP) is 1.88. The molecule has 0 radical (unpaired) electrons. The van der Waals surface area contributed by atoms with Crippen molar-refractivity contribution >= 4 is 21.7 Å². The molecule has 1 amide bonds. The monoisotopic (exact) mass is 406 g/mol. The van der Waals surface area contributed by atoms with Crippen molar-refractivity contribution in [2.24, 2.45) is 0 Å². The van der Waals surface area contributed by atoms with E-state index in [1.807, 2.05) is 17.0 Å². The zero-order chi connectivity index (χ0) is 20.1. The van der Waals surface area contributed by atoms with E-state index in [-0.39, 0.29) is 12.5 Å². The van der Waals surface area contributed by atoms with E-state index in [4.69, 9.17) is 4.52 Å². The van der Waals surface area contributed by atoms with Gasteiger partial charge in [-0.25, -0.2) is 8.42 Å². The molecule has 0 bridgehead atoms. The van der Waals surface area contributed by atoms with Gasteiger partial charge in [0.25, 0.3) is 0 Å². The molecule has 9 heteroatoms. The lowest BCUT2D eigenvalue weighted by atomic mass is 10.1. The molecule has 28 heavy (non-hydrogen) atoms. The van der Waals surface area contributed by atoms with Crippen molar-refractivity contribution < 1.29 is 17.7 Å². The van der Waals surface area contributed by atoms with E-state index < -0.39 is 10.0 Å². The number of benzene rings is 1. The van der Waals surface area contributed by atoms with Crippen molar-refractivity contribution in [3.63, 3.8) is 0 Å². The number of piperazine rings is 1. The lowest BCUT2D eigenvalue weighted by molar-refractivity contribution is -0.117. The highest BCUT2D eigenvalue weighted by molar-refractivity contribution is 7.89. The quantitative estimate of drug-likeness (QED) is 0.754. The lowest BCUT2D eigenvalue weighted by Gasteiger charge is -2.33. The second kappa shape index (κ2) is 8.85. The first-order valence-corrected chi connectivity index (χ1v) is 10.9. The summed E-state index contributed by atoms with van der Waals surface area (Å²) in [6.45, 7) is 5.74. The fourth-order valence-corrected chi connectivity index (χ4v) is 4.63. The molecule has 1 saturated heterocycles. The highest BCUT2D eigenvalue weighted by atomic mass is 32.2. The smallest absolute Gasteiger partial charge is 0.243 e. The minimum atomic E-state index is -3.51. The largest absolute Gasteiger partial charge is 0.360 e. The van der Waals surface area contributed by atoms with Gasteiger partial charge in [0.2, 0.25) is 15.9 Å². The van der Waals surface area contributed by atoms with E-state index in [0.29, 0.717) is 42.7 Å². The molecule has 0 unspecified atom stereocenters. The van der Waals surface area contributed by atoms with Crippen LogP contribution in [0.25, 0.3) is 0 Å². The third-order valence-corrected chi connectivity index (χ3v) is 6.61. The summed E-state index contributed by atoms with van der Waals surface area (Å²) in [4.78, 5) is 14.4. The summed E-state index contributed by atoms with van der Waals surface area (Å²) < 4.78 is 32.1. The molecule has 2 aromatic rings. The van der Waals surface area contributed by atoms with Crippen LogP contribution in [0.5, 0.6) is 0 Å². The molecular formula is C19H26N4O4S. The van der Waals surface area contributed by atoms with E-state index in [0.717, 1.165) is 18.4 Å². The van der Waals surface area contributed by atoms with Crippen LogP contribution < -0.4 is 5.32 Å². The number of carbonyl (C=O) groups is 1. The van der Waals surface area contributed by atoms with Gasteiger partial charge in [0.15, 0.2) is 5.82 Å². The fraction of sp³-hybridized carbons (Fsp3) is 0.474. The molecule has 3 rings (SSSR count). The molecule has 1 aliphatic rings. The van der Waals surface area contributed by atoms with Crippen molar-refractivity contribution in [3.05, 3.63) is 41.7 Å². The highest BCUT2D eigenvalue weighted by Gasteiger charge is 2.29. The zero-order valence-corrected chi connectivity index (χ0v) is 17.0. The third-order valence-electron chi connectivity index (χ3n) is 4.69. The SMILES string of the molecule is CCCc1ccc(S(=O)(=O)N2CCN(CC(=O)Nc3cc(C)on3)CC2)cc1. The average molecular weight is 407 g/mol. The van der Waals surface area contributed by atoms with Gasteiger partial charge in [-0.1, -0.05) is 30.6 Å². The van der Waals surface area contributed by atoms with Gasteiger partial charge in [-0.05, 0) is 31.0 Å². The van der Waals surface area contributed by atoms with Crippen LogP contribution in [-0.2, 0) is 21.2 Å². The molecule has 1 fully saturated rings. The van der Waals surface area contributed by atoms with Gasteiger partial charge in [-0.3, -0.25) is 9.69 Å². The van der Waals surface area contributed by atoms with Crippen LogP contribution in [0.2, 0.25) is 0 Å². The first-order chi connectivity index (χ1) is 13.4. The maximum absolute atomic E-state index is 12.8. The fourth-order valence-electron chi connectivity index (χ4n) is 3.20. The second-order valence-electron chi connectivity index (χ2n) is 6.95. The van der Waals surface area contributed by atoms with E-state index in [1.54, 1.807) is 25.1 Å². The van der Waals surface area contributed by atoms with E-state index in [9.17, 15) is 13.2 Å². The predicted molar refractivity (Wildman–Crippen MR) is 106 cm³/mol. The summed E-state index contributed by atoms with van der Waals surface area (Å²) in [7, 11) is -3.51. The molecule has 1 N–H and O–H groups in total. The van der Waals surface area contributed by atoms with Crippen molar-refractivity contribution in [1.29, 1.82) is 0 Å². The van der Waals surface area contributed by atoms with Crippen molar-refractivity contribution in [1.82, 2.24) is 14.4 Å². The lowest BCUT2D eigenvalue weighted by Crippen LogP contribution is -2.50. The molecule has 1 aliphatic heterocycles. The molecule has 0 aliphatic carbocycles. The van der Waals surface area contributed by atoms with Crippen molar-refractivity contribution in [2.45, 2.75) is 31.6 Å². The zero-order valence-electron chi connectivity index (χ0n) is 16.2. The summed E-state index contributed by atoms with van der Waals surface area (Å²) in [6, 6.07) is 8.76. The Hall–Kier alpha value is -2.23. The van der Waals surface area contributed by atoms with Crippen LogP contribution in [0.3, 0.4) is 0 Å². The van der Waals surface area contributed by atoms with Gasteiger partial charge in [-0.15, -0.1) is 0 Å². The first-order valence-electron chi connectivity index (χ1n) is 9.43. The van der Waals surface area contributed by atoms with Gasteiger partial charge in [-0.2, -0.15) is 4.31 Å². The maximum Gasteiger partial charge on any atom is 0.243 e. The van der Waals surface area contributed by atoms with Gasteiger partial charge in [0.1, 0.15) is 5.76 Å². The van der Waals surface area contributed by atoms with Crippen LogP contribution in [0.15, 0.2) is 39.8 Å².